The summed E-state index contributed by atoms with van der Waals surface area (Å²) < 4.78 is 1.89. The van der Waals surface area contributed by atoms with Crippen molar-refractivity contribution >= 4 is 11.6 Å². The zero-order valence-electron chi connectivity index (χ0n) is 10.6. The summed E-state index contributed by atoms with van der Waals surface area (Å²) in [5.74, 6) is 0.640. The molecule has 0 aliphatic carbocycles. The van der Waals surface area contributed by atoms with E-state index >= 15 is 0 Å². The van der Waals surface area contributed by atoms with Crippen LogP contribution in [0.2, 0.25) is 0 Å². The first kappa shape index (κ1) is 12.1. The van der Waals surface area contributed by atoms with Crippen molar-refractivity contribution in [3.63, 3.8) is 0 Å². The number of aromatic nitrogens is 2. The molecular weight excluding hydrogens is 216 g/mol. The predicted molar refractivity (Wildman–Crippen MR) is 66.6 cm³/mol. The monoisotopic (exact) mass is 236 g/mol. The molecule has 5 nitrogen and oxygen atoms in total. The molecule has 94 valence electrons. The third-order valence-corrected chi connectivity index (χ3v) is 3.28. The first-order chi connectivity index (χ1) is 8.00. The van der Waals surface area contributed by atoms with Crippen LogP contribution in [0.1, 0.15) is 27.2 Å². The Hall–Kier alpha value is -1.36. The van der Waals surface area contributed by atoms with E-state index in [9.17, 15) is 4.79 Å². The van der Waals surface area contributed by atoms with Crippen molar-refractivity contribution in [3.8, 4) is 0 Å². The lowest BCUT2D eigenvalue weighted by Gasteiger charge is -2.42. The Bertz CT molecular complexity index is 412. The second-order valence-corrected chi connectivity index (χ2v) is 5.12. The molecule has 2 heterocycles. The van der Waals surface area contributed by atoms with E-state index in [0.717, 1.165) is 18.7 Å². The van der Waals surface area contributed by atoms with Gasteiger partial charge in [0.15, 0.2) is 0 Å². The number of hydrogen-bond donors (Lipinski definition) is 1. The Kier molecular flexibility index (Phi) is 3.19. The van der Waals surface area contributed by atoms with Gasteiger partial charge in [-0.1, -0.05) is 13.8 Å². The summed E-state index contributed by atoms with van der Waals surface area (Å²) in [7, 11) is 0. The van der Waals surface area contributed by atoms with Gasteiger partial charge in [0, 0.05) is 12.7 Å². The highest BCUT2D eigenvalue weighted by Gasteiger charge is 2.43. The Morgan fingerprint density at radius 2 is 2.24 bits per heavy atom. The number of aryl methyl sites for hydroxylation is 1. The average Bonchev–Trinajstić information content (AvgIpc) is 2.74. The van der Waals surface area contributed by atoms with Crippen LogP contribution in [-0.4, -0.2) is 27.8 Å². The summed E-state index contributed by atoms with van der Waals surface area (Å²) in [6.45, 7) is 7.21. The van der Waals surface area contributed by atoms with Crippen molar-refractivity contribution in [1.29, 1.82) is 0 Å². The van der Waals surface area contributed by atoms with E-state index in [1.54, 1.807) is 11.1 Å². The lowest BCUT2D eigenvalue weighted by Crippen LogP contribution is -2.67. The number of hydrogen-bond acceptors (Lipinski definition) is 3. The van der Waals surface area contributed by atoms with E-state index in [2.05, 4.69) is 18.9 Å². The van der Waals surface area contributed by atoms with Gasteiger partial charge in [-0.3, -0.25) is 9.48 Å². The van der Waals surface area contributed by atoms with Gasteiger partial charge in [0.05, 0.1) is 17.9 Å². The molecule has 2 rings (SSSR count). The smallest absolute Gasteiger partial charge is 0.246 e. The number of amides is 1. The van der Waals surface area contributed by atoms with Gasteiger partial charge < -0.3 is 10.6 Å². The minimum Gasteiger partial charge on any atom is -0.318 e. The number of β-lactam (4-membered cyclic amide) rings is 1. The van der Waals surface area contributed by atoms with Crippen molar-refractivity contribution in [1.82, 2.24) is 9.78 Å². The number of nitrogens with zero attached hydrogens (tertiary/aromatic N) is 3. The van der Waals surface area contributed by atoms with Gasteiger partial charge in [-0.25, -0.2) is 0 Å². The molecule has 1 aromatic rings. The second kappa shape index (κ2) is 4.49. The van der Waals surface area contributed by atoms with Gasteiger partial charge >= 0.3 is 0 Å². The van der Waals surface area contributed by atoms with Crippen LogP contribution in [0.15, 0.2) is 12.4 Å². The molecule has 0 bridgehead atoms. The molecule has 0 unspecified atom stereocenters. The fourth-order valence-corrected chi connectivity index (χ4v) is 2.00. The number of carbonyl (C=O) groups is 1. The van der Waals surface area contributed by atoms with E-state index in [0.29, 0.717) is 5.92 Å². The van der Waals surface area contributed by atoms with Crippen LogP contribution < -0.4 is 10.6 Å². The molecule has 0 spiro atoms. The maximum absolute atomic E-state index is 11.6. The molecule has 1 aromatic heterocycles. The van der Waals surface area contributed by atoms with Gasteiger partial charge in [-0.2, -0.15) is 5.10 Å². The lowest BCUT2D eigenvalue weighted by molar-refractivity contribution is -0.125. The van der Waals surface area contributed by atoms with E-state index < -0.39 is 0 Å². The molecule has 0 saturated carbocycles. The van der Waals surface area contributed by atoms with Gasteiger partial charge in [0.2, 0.25) is 5.91 Å². The quantitative estimate of drug-likeness (QED) is 0.793. The van der Waals surface area contributed by atoms with Crippen molar-refractivity contribution in [2.45, 2.75) is 45.8 Å². The summed E-state index contributed by atoms with van der Waals surface area (Å²) >= 11 is 0. The molecule has 17 heavy (non-hydrogen) atoms. The highest BCUT2D eigenvalue weighted by Crippen LogP contribution is 2.26. The Morgan fingerprint density at radius 1 is 1.53 bits per heavy atom. The van der Waals surface area contributed by atoms with Gasteiger partial charge in [-0.15, -0.1) is 0 Å². The molecule has 0 aromatic carbocycles. The van der Waals surface area contributed by atoms with Crippen LogP contribution in [-0.2, 0) is 11.3 Å². The van der Waals surface area contributed by atoms with Gasteiger partial charge in [-0.05, 0) is 19.3 Å². The molecule has 1 fully saturated rings. The molecule has 1 aliphatic rings. The topological polar surface area (TPSA) is 64.2 Å². The number of carbonyl (C=O) groups excluding carboxylic acids is 1. The van der Waals surface area contributed by atoms with E-state index in [-0.39, 0.29) is 18.0 Å². The summed E-state index contributed by atoms with van der Waals surface area (Å²) in [6, 6.07) is -0.278. The highest BCUT2D eigenvalue weighted by molar-refractivity contribution is 6.05. The maximum Gasteiger partial charge on any atom is 0.246 e. The molecule has 1 aliphatic heterocycles. The van der Waals surface area contributed by atoms with E-state index in [4.69, 9.17) is 5.73 Å². The van der Waals surface area contributed by atoms with Crippen molar-refractivity contribution < 1.29 is 4.79 Å². The third kappa shape index (κ3) is 2.20. The van der Waals surface area contributed by atoms with Crippen LogP contribution in [0.25, 0.3) is 0 Å². The number of rotatable bonds is 4. The summed E-state index contributed by atoms with van der Waals surface area (Å²) in [6.07, 6.45) is 4.74. The van der Waals surface area contributed by atoms with E-state index in [1.807, 2.05) is 17.8 Å². The van der Waals surface area contributed by atoms with Crippen LogP contribution in [0.5, 0.6) is 0 Å². The van der Waals surface area contributed by atoms with Crippen molar-refractivity contribution in [2.75, 3.05) is 4.90 Å². The fourth-order valence-electron chi connectivity index (χ4n) is 2.00. The number of anilines is 1. The van der Waals surface area contributed by atoms with Crippen LogP contribution in [0, 0.1) is 5.92 Å². The summed E-state index contributed by atoms with van der Waals surface area (Å²) in [5.41, 5.74) is 6.53. The zero-order valence-corrected chi connectivity index (χ0v) is 10.6. The summed E-state index contributed by atoms with van der Waals surface area (Å²) in [4.78, 5) is 13.3. The summed E-state index contributed by atoms with van der Waals surface area (Å²) in [5, 5.41) is 4.27. The lowest BCUT2D eigenvalue weighted by atomic mass is 9.97. The fraction of sp³-hybridized carbons (Fsp3) is 0.667. The first-order valence-corrected chi connectivity index (χ1v) is 6.12. The normalized spacial score (nSPS) is 24.3. The molecule has 2 N–H and O–H groups in total. The molecule has 5 heteroatoms. The highest BCUT2D eigenvalue weighted by atomic mass is 16.2. The van der Waals surface area contributed by atoms with Crippen LogP contribution in [0.4, 0.5) is 5.69 Å². The SMILES string of the molecule is CC(C)CCn1cc(N2C(=O)[C@@H](N)[C@@H]2C)cn1. The van der Waals surface area contributed by atoms with Crippen molar-refractivity contribution in [2.24, 2.45) is 11.7 Å². The standard InChI is InChI=1S/C12H20N4O/c1-8(2)4-5-15-7-10(6-14-15)16-9(3)11(13)12(16)17/h6-9,11H,4-5,13H2,1-3H3/t9-,11-/m0/s1. The first-order valence-electron chi connectivity index (χ1n) is 6.12. The van der Waals surface area contributed by atoms with Crippen LogP contribution >= 0.6 is 0 Å². The third-order valence-electron chi connectivity index (χ3n) is 3.28. The maximum atomic E-state index is 11.6. The molecule has 1 amide bonds. The Labute approximate surface area is 102 Å². The van der Waals surface area contributed by atoms with E-state index in [1.165, 1.54) is 0 Å². The molecule has 0 radical (unpaired) electrons. The minimum atomic E-state index is -0.353. The Morgan fingerprint density at radius 3 is 2.82 bits per heavy atom. The second-order valence-electron chi connectivity index (χ2n) is 5.12. The molecule has 1 saturated heterocycles. The molecule has 2 atom stereocenters. The number of nitrogens with two attached hydrogens (primary N) is 1. The van der Waals surface area contributed by atoms with Gasteiger partial charge in [0.1, 0.15) is 6.04 Å². The van der Waals surface area contributed by atoms with Gasteiger partial charge in [0.25, 0.3) is 0 Å². The minimum absolute atomic E-state index is 0.0130. The van der Waals surface area contributed by atoms with Crippen LogP contribution in [0.3, 0.4) is 0 Å². The average molecular weight is 236 g/mol. The Balaban J connectivity index is 2.01. The van der Waals surface area contributed by atoms with Crippen molar-refractivity contribution in [3.05, 3.63) is 12.4 Å². The largest absolute Gasteiger partial charge is 0.318 e. The zero-order chi connectivity index (χ0) is 12.6. The predicted octanol–water partition coefficient (Wildman–Crippen LogP) is 0.992. The molecular formula is C12H20N4O.